The molecule has 1 aromatic carbocycles. The monoisotopic (exact) mass is 271 g/mol. The molecular formula is C16H21N3O. The number of ether oxygens (including phenoxy) is 1. The third-order valence-electron chi connectivity index (χ3n) is 2.69. The number of benzene rings is 1. The molecule has 0 spiro atoms. The van der Waals surface area contributed by atoms with Crippen LogP contribution in [0.1, 0.15) is 26.5 Å². The molecule has 0 aliphatic heterocycles. The lowest BCUT2D eigenvalue weighted by Gasteiger charge is -2.21. The fourth-order valence-corrected chi connectivity index (χ4v) is 1.84. The van der Waals surface area contributed by atoms with E-state index >= 15 is 0 Å². The largest absolute Gasteiger partial charge is 0.488 e. The van der Waals surface area contributed by atoms with E-state index < -0.39 is 0 Å². The van der Waals surface area contributed by atoms with Gasteiger partial charge in [-0.05, 0) is 63.7 Å². The molecule has 0 saturated heterocycles. The lowest BCUT2D eigenvalue weighted by molar-refractivity contribution is 0.131. The standard InChI is InChI=1S/C16H21N3O/c1-16(2,3)20-14-7-4-12(5-8-14)15-9-6-13(10-11-17)18-19-15/h4-9H,10-11,17H2,1-3H3. The van der Waals surface area contributed by atoms with Gasteiger partial charge in [-0.1, -0.05) is 0 Å². The smallest absolute Gasteiger partial charge is 0.120 e. The van der Waals surface area contributed by atoms with Gasteiger partial charge >= 0.3 is 0 Å². The van der Waals surface area contributed by atoms with E-state index in [0.717, 1.165) is 29.1 Å². The maximum atomic E-state index is 5.79. The molecule has 2 N–H and O–H groups in total. The Morgan fingerprint density at radius 2 is 1.70 bits per heavy atom. The summed E-state index contributed by atoms with van der Waals surface area (Å²) in [6, 6.07) is 11.8. The van der Waals surface area contributed by atoms with Crippen LogP contribution in [0.15, 0.2) is 36.4 Å². The fraction of sp³-hybridized carbons (Fsp3) is 0.375. The predicted octanol–water partition coefficient (Wildman–Crippen LogP) is 2.82. The Morgan fingerprint density at radius 1 is 1.00 bits per heavy atom. The summed E-state index contributed by atoms with van der Waals surface area (Å²) >= 11 is 0. The number of hydrogen-bond donors (Lipinski definition) is 1. The van der Waals surface area contributed by atoms with Gasteiger partial charge in [0.05, 0.1) is 11.4 Å². The number of aromatic nitrogens is 2. The zero-order valence-corrected chi connectivity index (χ0v) is 12.3. The highest BCUT2D eigenvalue weighted by Crippen LogP contribution is 2.23. The Kier molecular flexibility index (Phi) is 4.35. The molecule has 4 heteroatoms. The third-order valence-corrected chi connectivity index (χ3v) is 2.69. The van der Waals surface area contributed by atoms with Gasteiger partial charge in [-0.25, -0.2) is 0 Å². The molecule has 106 valence electrons. The first-order chi connectivity index (χ1) is 9.48. The zero-order valence-electron chi connectivity index (χ0n) is 12.3. The summed E-state index contributed by atoms with van der Waals surface area (Å²) in [6.07, 6.45) is 0.756. The summed E-state index contributed by atoms with van der Waals surface area (Å²) in [7, 11) is 0. The van der Waals surface area contributed by atoms with Crippen LogP contribution < -0.4 is 10.5 Å². The molecule has 4 nitrogen and oxygen atoms in total. The summed E-state index contributed by atoms with van der Waals surface area (Å²) in [5.41, 5.74) is 8.11. The van der Waals surface area contributed by atoms with E-state index in [1.54, 1.807) is 0 Å². The molecule has 0 bridgehead atoms. The van der Waals surface area contributed by atoms with Crippen LogP contribution in [0.5, 0.6) is 5.75 Å². The highest BCUT2D eigenvalue weighted by Gasteiger charge is 2.11. The van der Waals surface area contributed by atoms with Gasteiger partial charge in [-0.15, -0.1) is 0 Å². The highest BCUT2D eigenvalue weighted by atomic mass is 16.5. The van der Waals surface area contributed by atoms with E-state index in [1.807, 2.05) is 57.2 Å². The zero-order chi connectivity index (χ0) is 14.6. The van der Waals surface area contributed by atoms with Crippen molar-refractivity contribution in [3.63, 3.8) is 0 Å². The SMILES string of the molecule is CC(C)(C)Oc1ccc(-c2ccc(CCN)nn2)cc1. The van der Waals surface area contributed by atoms with Crippen molar-refractivity contribution in [3.05, 3.63) is 42.1 Å². The van der Waals surface area contributed by atoms with Crippen LogP contribution in [0.2, 0.25) is 0 Å². The quantitative estimate of drug-likeness (QED) is 0.929. The summed E-state index contributed by atoms with van der Waals surface area (Å²) in [4.78, 5) is 0. The number of hydrogen-bond acceptors (Lipinski definition) is 4. The molecule has 1 aromatic heterocycles. The molecule has 0 amide bonds. The number of rotatable bonds is 4. The maximum absolute atomic E-state index is 5.79. The van der Waals surface area contributed by atoms with Crippen LogP contribution in [0.3, 0.4) is 0 Å². The second-order valence-electron chi connectivity index (χ2n) is 5.69. The van der Waals surface area contributed by atoms with Gasteiger partial charge in [0.25, 0.3) is 0 Å². The van der Waals surface area contributed by atoms with Gasteiger partial charge in [0.1, 0.15) is 11.4 Å². The van der Waals surface area contributed by atoms with Crippen LogP contribution in [-0.2, 0) is 6.42 Å². The predicted molar refractivity (Wildman–Crippen MR) is 80.6 cm³/mol. The Balaban J connectivity index is 2.13. The van der Waals surface area contributed by atoms with Crippen molar-refractivity contribution < 1.29 is 4.74 Å². The van der Waals surface area contributed by atoms with E-state index in [1.165, 1.54) is 0 Å². The fourth-order valence-electron chi connectivity index (χ4n) is 1.84. The lowest BCUT2D eigenvalue weighted by atomic mass is 10.1. The minimum atomic E-state index is -0.189. The van der Waals surface area contributed by atoms with Crippen molar-refractivity contribution in [1.82, 2.24) is 10.2 Å². The van der Waals surface area contributed by atoms with Crippen molar-refractivity contribution >= 4 is 0 Å². The van der Waals surface area contributed by atoms with Crippen molar-refractivity contribution in [2.75, 3.05) is 6.54 Å². The molecule has 0 atom stereocenters. The van der Waals surface area contributed by atoms with Crippen molar-refractivity contribution in [2.45, 2.75) is 32.8 Å². The van der Waals surface area contributed by atoms with Gasteiger partial charge in [-0.3, -0.25) is 0 Å². The van der Waals surface area contributed by atoms with E-state index in [0.29, 0.717) is 6.54 Å². The summed E-state index contributed by atoms with van der Waals surface area (Å²) in [6.45, 7) is 6.68. The van der Waals surface area contributed by atoms with E-state index in [9.17, 15) is 0 Å². The van der Waals surface area contributed by atoms with Crippen molar-refractivity contribution in [1.29, 1.82) is 0 Å². The molecule has 0 radical (unpaired) electrons. The Labute approximate surface area is 120 Å². The Morgan fingerprint density at radius 3 is 2.20 bits per heavy atom. The van der Waals surface area contributed by atoms with Gasteiger partial charge < -0.3 is 10.5 Å². The lowest BCUT2D eigenvalue weighted by Crippen LogP contribution is -2.22. The average Bonchev–Trinajstić information content (AvgIpc) is 2.39. The van der Waals surface area contributed by atoms with Gasteiger partial charge in [-0.2, -0.15) is 10.2 Å². The molecule has 0 aliphatic carbocycles. The maximum Gasteiger partial charge on any atom is 0.120 e. The van der Waals surface area contributed by atoms with E-state index in [4.69, 9.17) is 10.5 Å². The molecule has 0 aliphatic rings. The number of nitrogens with two attached hydrogens (primary N) is 1. The molecule has 0 unspecified atom stereocenters. The first-order valence-electron chi connectivity index (χ1n) is 6.80. The highest BCUT2D eigenvalue weighted by molar-refractivity contribution is 5.59. The van der Waals surface area contributed by atoms with Crippen LogP contribution in [0.25, 0.3) is 11.3 Å². The van der Waals surface area contributed by atoms with Crippen LogP contribution in [0, 0.1) is 0 Å². The molecular weight excluding hydrogens is 250 g/mol. The first kappa shape index (κ1) is 14.5. The third kappa shape index (κ3) is 4.03. The van der Waals surface area contributed by atoms with Gasteiger partial charge in [0.2, 0.25) is 0 Å². The minimum Gasteiger partial charge on any atom is -0.488 e. The van der Waals surface area contributed by atoms with Crippen LogP contribution in [-0.4, -0.2) is 22.3 Å². The summed E-state index contributed by atoms with van der Waals surface area (Å²) in [5, 5.41) is 8.39. The molecule has 0 saturated carbocycles. The summed E-state index contributed by atoms with van der Waals surface area (Å²) in [5.74, 6) is 0.856. The van der Waals surface area contributed by atoms with Crippen LogP contribution in [0.4, 0.5) is 0 Å². The number of nitrogens with zero attached hydrogens (tertiary/aromatic N) is 2. The summed E-state index contributed by atoms with van der Waals surface area (Å²) < 4.78 is 5.79. The topological polar surface area (TPSA) is 61.0 Å². The average molecular weight is 271 g/mol. The minimum absolute atomic E-state index is 0.189. The molecule has 0 fully saturated rings. The van der Waals surface area contributed by atoms with Gasteiger partial charge in [0.15, 0.2) is 0 Å². The Hall–Kier alpha value is -1.94. The van der Waals surface area contributed by atoms with Gasteiger partial charge in [0, 0.05) is 12.0 Å². The molecule has 2 aromatic rings. The van der Waals surface area contributed by atoms with E-state index in [2.05, 4.69) is 10.2 Å². The van der Waals surface area contributed by atoms with Crippen molar-refractivity contribution in [3.8, 4) is 17.0 Å². The van der Waals surface area contributed by atoms with Crippen molar-refractivity contribution in [2.24, 2.45) is 5.73 Å². The van der Waals surface area contributed by atoms with E-state index in [-0.39, 0.29) is 5.60 Å². The second kappa shape index (κ2) is 6.01. The Bertz CT molecular complexity index is 541. The molecule has 2 rings (SSSR count). The van der Waals surface area contributed by atoms with Crippen LogP contribution >= 0.6 is 0 Å². The first-order valence-corrected chi connectivity index (χ1v) is 6.80. The molecule has 20 heavy (non-hydrogen) atoms. The second-order valence-corrected chi connectivity index (χ2v) is 5.69. The molecule has 1 heterocycles. The normalized spacial score (nSPS) is 11.4.